The molecule has 146 valence electrons. The summed E-state index contributed by atoms with van der Waals surface area (Å²) in [5.74, 6) is -0.435. The van der Waals surface area contributed by atoms with Crippen molar-refractivity contribution in [1.29, 1.82) is 0 Å². The fraction of sp³-hybridized carbons (Fsp3) is 0.250. The molecule has 0 saturated carbocycles. The molecular formula is C20H20FN3O2S2. The summed E-state index contributed by atoms with van der Waals surface area (Å²) in [6.07, 6.45) is 0. The van der Waals surface area contributed by atoms with Gasteiger partial charge in [-0.2, -0.15) is 0 Å². The number of hydrogen-bond donors (Lipinski definition) is 1. The van der Waals surface area contributed by atoms with Crippen molar-refractivity contribution in [2.45, 2.75) is 17.8 Å². The topological polar surface area (TPSA) is 62.3 Å². The maximum Gasteiger partial charge on any atom is 0.239 e. The fourth-order valence-corrected chi connectivity index (χ4v) is 4.51. The van der Waals surface area contributed by atoms with E-state index in [1.165, 1.54) is 28.8 Å². The zero-order chi connectivity index (χ0) is 19.9. The van der Waals surface area contributed by atoms with Crippen LogP contribution in [0.1, 0.15) is 12.5 Å². The minimum absolute atomic E-state index is 0.00304. The molecule has 1 aromatic heterocycles. The van der Waals surface area contributed by atoms with Crippen molar-refractivity contribution in [2.24, 2.45) is 0 Å². The number of amides is 2. The van der Waals surface area contributed by atoms with Crippen molar-refractivity contribution in [3.8, 4) is 0 Å². The highest BCUT2D eigenvalue weighted by Gasteiger charge is 2.16. The molecule has 3 aromatic rings. The van der Waals surface area contributed by atoms with E-state index in [1.807, 2.05) is 31.2 Å². The Hall–Kier alpha value is -2.45. The van der Waals surface area contributed by atoms with Gasteiger partial charge in [-0.1, -0.05) is 36.0 Å². The molecule has 0 aliphatic carbocycles. The van der Waals surface area contributed by atoms with E-state index in [0.29, 0.717) is 13.1 Å². The van der Waals surface area contributed by atoms with Gasteiger partial charge in [0, 0.05) is 13.1 Å². The molecule has 0 aliphatic heterocycles. The van der Waals surface area contributed by atoms with Crippen LogP contribution in [0.15, 0.2) is 52.9 Å². The van der Waals surface area contributed by atoms with Crippen molar-refractivity contribution >= 4 is 45.1 Å². The number of halogens is 1. The van der Waals surface area contributed by atoms with Crippen LogP contribution in [0.2, 0.25) is 0 Å². The molecule has 28 heavy (non-hydrogen) atoms. The van der Waals surface area contributed by atoms with Crippen LogP contribution in [0.5, 0.6) is 0 Å². The van der Waals surface area contributed by atoms with Gasteiger partial charge in [0.25, 0.3) is 0 Å². The van der Waals surface area contributed by atoms with Crippen LogP contribution in [0.25, 0.3) is 10.2 Å². The van der Waals surface area contributed by atoms with Gasteiger partial charge < -0.3 is 10.2 Å². The van der Waals surface area contributed by atoms with Gasteiger partial charge >= 0.3 is 0 Å². The van der Waals surface area contributed by atoms with Crippen LogP contribution in [0.4, 0.5) is 4.39 Å². The Bertz CT molecular complexity index is 926. The standard InChI is InChI=1S/C20H20FN3O2S2/c1-2-24(12-18(25)22-11-14-7-9-15(21)10-8-14)19(26)13-27-20-23-16-5-3-4-6-17(16)28-20/h3-10H,2,11-13H2,1H3,(H,22,25). The zero-order valence-electron chi connectivity index (χ0n) is 15.4. The molecule has 1 N–H and O–H groups in total. The molecule has 0 bridgehead atoms. The first-order valence-electron chi connectivity index (χ1n) is 8.82. The number of para-hydroxylation sites is 1. The van der Waals surface area contributed by atoms with Crippen molar-refractivity contribution in [3.05, 3.63) is 59.9 Å². The van der Waals surface area contributed by atoms with Gasteiger partial charge in [0.1, 0.15) is 5.82 Å². The maximum atomic E-state index is 12.9. The fourth-order valence-electron chi connectivity index (χ4n) is 2.54. The molecule has 8 heteroatoms. The van der Waals surface area contributed by atoms with E-state index in [0.717, 1.165) is 20.1 Å². The summed E-state index contributed by atoms with van der Waals surface area (Å²) in [6.45, 7) is 2.58. The Kier molecular flexibility index (Phi) is 7.00. The summed E-state index contributed by atoms with van der Waals surface area (Å²) in [4.78, 5) is 30.6. The summed E-state index contributed by atoms with van der Waals surface area (Å²) in [5, 5.41) is 2.76. The summed E-state index contributed by atoms with van der Waals surface area (Å²) in [5.41, 5.74) is 1.73. The van der Waals surface area contributed by atoms with Crippen LogP contribution in [0, 0.1) is 5.82 Å². The van der Waals surface area contributed by atoms with Crippen LogP contribution < -0.4 is 5.32 Å². The Morgan fingerprint density at radius 1 is 1.18 bits per heavy atom. The van der Waals surface area contributed by atoms with E-state index in [9.17, 15) is 14.0 Å². The number of fused-ring (bicyclic) bond motifs is 1. The SMILES string of the molecule is CCN(CC(=O)NCc1ccc(F)cc1)C(=O)CSc1nc2ccccc2s1. The Morgan fingerprint density at radius 2 is 1.93 bits per heavy atom. The van der Waals surface area contributed by atoms with Gasteiger partial charge in [-0.15, -0.1) is 11.3 Å². The first-order chi connectivity index (χ1) is 13.5. The number of benzene rings is 2. The molecule has 3 rings (SSSR count). The third-order valence-corrected chi connectivity index (χ3v) is 6.23. The molecular weight excluding hydrogens is 397 g/mol. The molecule has 0 saturated heterocycles. The third kappa shape index (κ3) is 5.53. The molecule has 1 heterocycles. The Labute approximate surface area is 171 Å². The summed E-state index contributed by atoms with van der Waals surface area (Å²) >= 11 is 2.94. The molecule has 0 atom stereocenters. The largest absolute Gasteiger partial charge is 0.350 e. The second-order valence-electron chi connectivity index (χ2n) is 6.05. The van der Waals surface area contributed by atoms with E-state index < -0.39 is 0 Å². The molecule has 2 amide bonds. The van der Waals surface area contributed by atoms with E-state index >= 15 is 0 Å². The van der Waals surface area contributed by atoms with Crippen LogP contribution in [-0.2, 0) is 16.1 Å². The quantitative estimate of drug-likeness (QED) is 0.568. The number of carbonyl (C=O) groups excluding carboxylic acids is 2. The summed E-state index contributed by atoms with van der Waals surface area (Å²) in [6, 6.07) is 13.8. The van der Waals surface area contributed by atoms with Crippen LogP contribution in [-0.4, -0.2) is 40.5 Å². The van der Waals surface area contributed by atoms with Crippen LogP contribution >= 0.6 is 23.1 Å². The molecule has 0 radical (unpaired) electrons. The van der Waals surface area contributed by atoms with Crippen molar-refractivity contribution < 1.29 is 14.0 Å². The number of thioether (sulfide) groups is 1. The van der Waals surface area contributed by atoms with E-state index in [1.54, 1.807) is 23.5 Å². The smallest absolute Gasteiger partial charge is 0.239 e. The van der Waals surface area contributed by atoms with Gasteiger partial charge in [0.15, 0.2) is 4.34 Å². The Balaban J connectivity index is 1.48. The average Bonchev–Trinajstić information content (AvgIpc) is 3.13. The second-order valence-corrected chi connectivity index (χ2v) is 8.30. The van der Waals surface area contributed by atoms with Gasteiger partial charge in [-0.05, 0) is 36.8 Å². The van der Waals surface area contributed by atoms with Gasteiger partial charge in [-0.25, -0.2) is 9.37 Å². The number of aromatic nitrogens is 1. The predicted octanol–water partition coefficient (Wildman–Crippen LogP) is 3.69. The molecule has 5 nitrogen and oxygen atoms in total. The predicted molar refractivity (Wildman–Crippen MR) is 111 cm³/mol. The van der Waals surface area contributed by atoms with Gasteiger partial charge in [0.2, 0.25) is 11.8 Å². The van der Waals surface area contributed by atoms with Gasteiger partial charge in [-0.3, -0.25) is 9.59 Å². The zero-order valence-corrected chi connectivity index (χ0v) is 17.0. The van der Waals surface area contributed by atoms with Crippen LogP contribution in [0.3, 0.4) is 0 Å². The first kappa shape index (κ1) is 20.3. The molecule has 0 fully saturated rings. The first-order valence-corrected chi connectivity index (χ1v) is 10.6. The lowest BCUT2D eigenvalue weighted by Gasteiger charge is -2.20. The number of nitrogens with zero attached hydrogens (tertiary/aromatic N) is 2. The lowest BCUT2D eigenvalue weighted by Crippen LogP contribution is -2.41. The number of rotatable bonds is 8. The van der Waals surface area contributed by atoms with Crippen molar-refractivity contribution in [1.82, 2.24) is 15.2 Å². The maximum absolute atomic E-state index is 12.9. The minimum atomic E-state index is -0.316. The lowest BCUT2D eigenvalue weighted by molar-refractivity contribution is -0.133. The van der Waals surface area contributed by atoms with Crippen molar-refractivity contribution in [2.75, 3.05) is 18.8 Å². The number of hydrogen-bond acceptors (Lipinski definition) is 5. The monoisotopic (exact) mass is 417 g/mol. The molecule has 0 spiro atoms. The normalized spacial score (nSPS) is 10.8. The highest BCUT2D eigenvalue weighted by molar-refractivity contribution is 8.01. The number of carbonyl (C=O) groups is 2. The molecule has 0 aliphatic rings. The van der Waals surface area contributed by atoms with E-state index in [-0.39, 0.29) is 29.9 Å². The van der Waals surface area contributed by atoms with Crippen molar-refractivity contribution in [3.63, 3.8) is 0 Å². The van der Waals surface area contributed by atoms with Gasteiger partial charge in [0.05, 0.1) is 22.5 Å². The highest BCUT2D eigenvalue weighted by Crippen LogP contribution is 2.29. The highest BCUT2D eigenvalue weighted by atomic mass is 32.2. The second kappa shape index (κ2) is 9.66. The van der Waals surface area contributed by atoms with E-state index in [2.05, 4.69) is 10.3 Å². The third-order valence-electron chi connectivity index (χ3n) is 4.07. The summed E-state index contributed by atoms with van der Waals surface area (Å²) < 4.78 is 14.8. The average molecular weight is 418 g/mol. The summed E-state index contributed by atoms with van der Waals surface area (Å²) in [7, 11) is 0. The Morgan fingerprint density at radius 3 is 2.64 bits per heavy atom. The van der Waals surface area contributed by atoms with E-state index in [4.69, 9.17) is 0 Å². The number of nitrogens with one attached hydrogen (secondary N) is 1. The number of likely N-dealkylation sites (N-methyl/N-ethyl adjacent to an activating group) is 1. The minimum Gasteiger partial charge on any atom is -0.350 e. The lowest BCUT2D eigenvalue weighted by atomic mass is 10.2. The molecule has 2 aromatic carbocycles. The molecule has 0 unspecified atom stereocenters. The number of thiazole rings is 1.